The van der Waals surface area contributed by atoms with Gasteiger partial charge in [-0.05, 0) is 30.7 Å². The molecule has 0 aliphatic heterocycles. The highest BCUT2D eigenvalue weighted by Crippen LogP contribution is 2.31. The third-order valence-corrected chi connectivity index (χ3v) is 5.83. The Morgan fingerprint density at radius 2 is 1.90 bits per heavy atom. The van der Waals surface area contributed by atoms with Crippen molar-refractivity contribution in [1.29, 1.82) is 0 Å². The number of hydrogen-bond acceptors (Lipinski definition) is 6. The summed E-state index contributed by atoms with van der Waals surface area (Å²) in [6, 6.07) is 10.5. The van der Waals surface area contributed by atoms with E-state index in [-0.39, 0.29) is 22.9 Å². The zero-order valence-electron chi connectivity index (χ0n) is 16.0. The molecule has 1 heterocycles. The molecule has 0 spiro atoms. The lowest BCUT2D eigenvalue weighted by Crippen LogP contribution is -2.35. The molecular formula is C20H21FN4O3S. The molecule has 2 aromatic carbocycles. The van der Waals surface area contributed by atoms with Crippen LogP contribution in [0, 0.1) is 5.82 Å². The summed E-state index contributed by atoms with van der Waals surface area (Å²) in [4.78, 5) is 8.05. The second kappa shape index (κ2) is 8.64. The molecular weight excluding hydrogens is 395 g/mol. The van der Waals surface area contributed by atoms with Crippen molar-refractivity contribution in [2.75, 3.05) is 19.5 Å². The van der Waals surface area contributed by atoms with E-state index in [1.54, 1.807) is 31.2 Å². The molecule has 0 radical (unpaired) electrons. The number of ether oxygens (including phenoxy) is 1. The molecule has 0 amide bonds. The number of sulfonamides is 1. The smallest absolute Gasteiger partial charge is 0.241 e. The molecule has 0 aliphatic rings. The van der Waals surface area contributed by atoms with Crippen molar-refractivity contribution in [2.24, 2.45) is 0 Å². The van der Waals surface area contributed by atoms with Crippen molar-refractivity contribution in [1.82, 2.24) is 14.7 Å². The van der Waals surface area contributed by atoms with Crippen LogP contribution in [0.5, 0.6) is 0 Å². The minimum absolute atomic E-state index is 0.0578. The van der Waals surface area contributed by atoms with Crippen molar-refractivity contribution < 1.29 is 17.5 Å². The maximum atomic E-state index is 14.8. The molecule has 0 saturated heterocycles. The second-order valence-corrected chi connectivity index (χ2v) is 8.18. The van der Waals surface area contributed by atoms with Gasteiger partial charge < -0.3 is 10.5 Å². The first kappa shape index (κ1) is 20.8. The molecule has 29 heavy (non-hydrogen) atoms. The summed E-state index contributed by atoms with van der Waals surface area (Å²) in [6.45, 7) is 1.93. The number of nitrogens with one attached hydrogen (secondary N) is 1. The van der Waals surface area contributed by atoms with Gasteiger partial charge in [0.1, 0.15) is 11.6 Å². The normalized spacial score (nSPS) is 12.7. The Balaban J connectivity index is 2.00. The molecule has 1 unspecified atom stereocenters. The minimum atomic E-state index is -3.83. The fraction of sp³-hybridized carbons (Fsp3) is 0.200. The molecule has 9 heteroatoms. The molecule has 3 aromatic rings. The molecule has 0 fully saturated rings. The van der Waals surface area contributed by atoms with Gasteiger partial charge >= 0.3 is 0 Å². The molecule has 7 nitrogen and oxygen atoms in total. The van der Waals surface area contributed by atoms with Crippen LogP contribution in [-0.4, -0.2) is 38.1 Å². The van der Waals surface area contributed by atoms with Crippen LogP contribution in [0.25, 0.3) is 22.4 Å². The van der Waals surface area contributed by atoms with Gasteiger partial charge in [-0.2, -0.15) is 0 Å². The van der Waals surface area contributed by atoms with E-state index in [0.717, 1.165) is 0 Å². The van der Waals surface area contributed by atoms with Gasteiger partial charge in [0.05, 0.1) is 29.6 Å². The summed E-state index contributed by atoms with van der Waals surface area (Å²) in [5.74, 6) is -0.311. The molecule has 0 saturated carbocycles. The van der Waals surface area contributed by atoms with Crippen molar-refractivity contribution in [3.8, 4) is 22.4 Å². The summed E-state index contributed by atoms with van der Waals surface area (Å²) in [7, 11) is -2.33. The summed E-state index contributed by atoms with van der Waals surface area (Å²) >= 11 is 0. The zero-order valence-corrected chi connectivity index (χ0v) is 16.8. The van der Waals surface area contributed by atoms with Gasteiger partial charge in [0.25, 0.3) is 0 Å². The first-order valence-electron chi connectivity index (χ1n) is 8.80. The SMILES string of the molecule is COCC(C)NS(=O)(=O)c1ccccc1-c1ccc(-c2cnc(N)cn2)c(F)c1. The third kappa shape index (κ3) is 4.76. The Morgan fingerprint density at radius 1 is 1.14 bits per heavy atom. The van der Waals surface area contributed by atoms with Gasteiger partial charge in [0.2, 0.25) is 10.0 Å². The summed E-state index contributed by atoms with van der Waals surface area (Å²) in [5, 5.41) is 0. The summed E-state index contributed by atoms with van der Waals surface area (Å²) in [6.07, 6.45) is 2.73. The zero-order chi connectivity index (χ0) is 21.0. The Morgan fingerprint density at radius 3 is 2.55 bits per heavy atom. The van der Waals surface area contributed by atoms with Gasteiger partial charge in [0, 0.05) is 24.3 Å². The number of methoxy groups -OCH3 is 1. The molecule has 1 atom stereocenters. The maximum Gasteiger partial charge on any atom is 0.241 e. The first-order chi connectivity index (χ1) is 13.8. The Bertz CT molecular complexity index is 1100. The fourth-order valence-corrected chi connectivity index (χ4v) is 4.38. The number of anilines is 1. The molecule has 3 N–H and O–H groups in total. The lowest BCUT2D eigenvalue weighted by Gasteiger charge is -2.16. The van der Waals surface area contributed by atoms with E-state index in [4.69, 9.17) is 10.5 Å². The standard InChI is InChI=1S/C20H21FN4O3S/c1-13(12-28-2)25-29(26,27)19-6-4-3-5-15(19)14-7-8-16(17(21)9-14)18-10-24-20(22)11-23-18/h3-11,13,25H,12H2,1-2H3,(H2,22,24). The largest absolute Gasteiger partial charge is 0.383 e. The first-order valence-corrected chi connectivity index (χ1v) is 10.3. The molecule has 152 valence electrons. The predicted molar refractivity (Wildman–Crippen MR) is 109 cm³/mol. The lowest BCUT2D eigenvalue weighted by molar-refractivity contribution is 0.180. The lowest BCUT2D eigenvalue weighted by atomic mass is 10.0. The van der Waals surface area contributed by atoms with Crippen molar-refractivity contribution in [3.05, 3.63) is 60.7 Å². The number of benzene rings is 2. The fourth-order valence-electron chi connectivity index (χ4n) is 2.92. The topological polar surface area (TPSA) is 107 Å². The van der Waals surface area contributed by atoms with Crippen molar-refractivity contribution in [2.45, 2.75) is 17.9 Å². The molecule has 0 aliphatic carbocycles. The van der Waals surface area contributed by atoms with Crippen molar-refractivity contribution in [3.63, 3.8) is 0 Å². The van der Waals surface area contributed by atoms with E-state index in [2.05, 4.69) is 14.7 Å². The average Bonchev–Trinajstić information content (AvgIpc) is 2.68. The van der Waals surface area contributed by atoms with Gasteiger partial charge in [-0.1, -0.05) is 24.3 Å². The van der Waals surface area contributed by atoms with Crippen LogP contribution in [0.2, 0.25) is 0 Å². The van der Waals surface area contributed by atoms with Crippen LogP contribution in [0.3, 0.4) is 0 Å². The van der Waals surface area contributed by atoms with Crippen LogP contribution in [0.1, 0.15) is 6.92 Å². The predicted octanol–water partition coefficient (Wildman–Crippen LogP) is 2.85. The quantitative estimate of drug-likeness (QED) is 0.613. The highest BCUT2D eigenvalue weighted by molar-refractivity contribution is 7.89. The molecule has 0 bridgehead atoms. The Hall–Kier alpha value is -2.88. The van der Waals surface area contributed by atoms with E-state index >= 15 is 0 Å². The number of nitrogen functional groups attached to an aromatic ring is 1. The van der Waals surface area contributed by atoms with Gasteiger partial charge in [0.15, 0.2) is 0 Å². The monoisotopic (exact) mass is 416 g/mol. The Kier molecular flexibility index (Phi) is 6.21. The summed E-state index contributed by atoms with van der Waals surface area (Å²) < 4.78 is 48.0. The number of rotatable bonds is 7. The molecule has 1 aromatic heterocycles. The van der Waals surface area contributed by atoms with Gasteiger partial charge in [-0.25, -0.2) is 22.5 Å². The van der Waals surface area contributed by atoms with Crippen LogP contribution < -0.4 is 10.5 Å². The van der Waals surface area contributed by atoms with Crippen LogP contribution in [0.4, 0.5) is 10.2 Å². The number of halogens is 1. The van der Waals surface area contributed by atoms with Crippen LogP contribution in [0.15, 0.2) is 59.8 Å². The van der Waals surface area contributed by atoms with E-state index in [1.165, 1.54) is 37.7 Å². The van der Waals surface area contributed by atoms with Crippen LogP contribution in [-0.2, 0) is 14.8 Å². The minimum Gasteiger partial charge on any atom is -0.383 e. The Labute approximate surface area is 168 Å². The number of aromatic nitrogens is 2. The number of hydrogen-bond donors (Lipinski definition) is 2. The van der Waals surface area contributed by atoms with Crippen molar-refractivity contribution >= 4 is 15.8 Å². The second-order valence-electron chi connectivity index (χ2n) is 6.49. The highest BCUT2D eigenvalue weighted by Gasteiger charge is 2.22. The third-order valence-electron chi connectivity index (χ3n) is 4.18. The van der Waals surface area contributed by atoms with E-state index in [1.807, 2.05) is 0 Å². The van der Waals surface area contributed by atoms with Gasteiger partial charge in [-0.3, -0.25) is 4.98 Å². The highest BCUT2D eigenvalue weighted by atomic mass is 32.2. The van der Waals surface area contributed by atoms with E-state index in [9.17, 15) is 12.8 Å². The number of nitrogens with zero attached hydrogens (tertiary/aromatic N) is 2. The average molecular weight is 416 g/mol. The maximum absolute atomic E-state index is 14.8. The van der Waals surface area contributed by atoms with E-state index in [0.29, 0.717) is 16.8 Å². The van der Waals surface area contributed by atoms with Gasteiger partial charge in [-0.15, -0.1) is 0 Å². The van der Waals surface area contributed by atoms with Crippen LogP contribution >= 0.6 is 0 Å². The van der Waals surface area contributed by atoms with E-state index < -0.39 is 21.9 Å². The molecule has 3 rings (SSSR count). The number of nitrogens with two attached hydrogens (primary N) is 1. The summed E-state index contributed by atoms with van der Waals surface area (Å²) in [5.41, 5.74) is 6.91.